The van der Waals surface area contributed by atoms with Crippen molar-refractivity contribution in [3.63, 3.8) is 0 Å². The number of aliphatic hydroxyl groups is 1. The molecule has 0 fully saturated rings. The van der Waals surface area contributed by atoms with Gasteiger partial charge in [0.15, 0.2) is 0 Å². The molecule has 1 aromatic rings. The van der Waals surface area contributed by atoms with Gasteiger partial charge in [-0.1, -0.05) is 13.0 Å². The fourth-order valence-electron chi connectivity index (χ4n) is 1.75. The number of benzene rings is 1. The summed E-state index contributed by atoms with van der Waals surface area (Å²) in [6.07, 6.45) is 0. The predicted molar refractivity (Wildman–Crippen MR) is 67.0 cm³/mol. The topological polar surface area (TPSA) is 58.3 Å². The van der Waals surface area contributed by atoms with E-state index in [1.807, 2.05) is 13.8 Å². The minimum Gasteiger partial charge on any atom is -0.396 e. The standard InChI is InChI=1S/C13H20F2N2O/c1-8(7-18)9(2)17-12(6-16)13-10(14)4-3-5-11(13)15/h3-5,8-9,12,17-18H,6-7,16H2,1-2H3. The molecule has 1 aromatic carbocycles. The van der Waals surface area contributed by atoms with Crippen LogP contribution < -0.4 is 11.1 Å². The minimum absolute atomic E-state index is 0.00517. The first-order valence-corrected chi connectivity index (χ1v) is 6.02. The summed E-state index contributed by atoms with van der Waals surface area (Å²) in [6, 6.07) is 3.05. The highest BCUT2D eigenvalue weighted by atomic mass is 19.1. The molecule has 0 spiro atoms. The third-order valence-corrected chi connectivity index (χ3v) is 3.19. The Hall–Kier alpha value is -1.04. The molecule has 0 bridgehead atoms. The van der Waals surface area contributed by atoms with E-state index in [0.29, 0.717) is 0 Å². The lowest BCUT2D eigenvalue weighted by Gasteiger charge is -2.26. The summed E-state index contributed by atoms with van der Waals surface area (Å²) in [7, 11) is 0. The first-order valence-electron chi connectivity index (χ1n) is 6.02. The van der Waals surface area contributed by atoms with Gasteiger partial charge in [0.2, 0.25) is 0 Å². The maximum Gasteiger partial charge on any atom is 0.130 e. The molecule has 5 heteroatoms. The van der Waals surface area contributed by atoms with Gasteiger partial charge >= 0.3 is 0 Å². The Kier molecular flexibility index (Phi) is 5.65. The number of halogens is 2. The van der Waals surface area contributed by atoms with Crippen LogP contribution in [-0.2, 0) is 0 Å². The summed E-state index contributed by atoms with van der Waals surface area (Å²) in [5, 5.41) is 12.1. The summed E-state index contributed by atoms with van der Waals surface area (Å²) in [5.74, 6) is -1.24. The number of nitrogens with two attached hydrogens (primary N) is 1. The van der Waals surface area contributed by atoms with E-state index in [2.05, 4.69) is 5.32 Å². The number of nitrogens with one attached hydrogen (secondary N) is 1. The molecule has 3 unspecified atom stereocenters. The van der Waals surface area contributed by atoms with Gasteiger partial charge in [0, 0.05) is 24.8 Å². The largest absolute Gasteiger partial charge is 0.396 e. The Morgan fingerprint density at radius 2 is 1.83 bits per heavy atom. The Balaban J connectivity index is 2.90. The van der Waals surface area contributed by atoms with Gasteiger partial charge in [-0.05, 0) is 25.0 Å². The normalized spacial score (nSPS) is 16.3. The number of rotatable bonds is 6. The molecule has 18 heavy (non-hydrogen) atoms. The van der Waals surface area contributed by atoms with Gasteiger partial charge in [0.1, 0.15) is 11.6 Å². The third kappa shape index (κ3) is 3.48. The van der Waals surface area contributed by atoms with Crippen molar-refractivity contribution in [2.75, 3.05) is 13.2 Å². The van der Waals surface area contributed by atoms with Crippen LogP contribution in [0.3, 0.4) is 0 Å². The van der Waals surface area contributed by atoms with Crippen LogP contribution in [0, 0.1) is 17.6 Å². The van der Waals surface area contributed by atoms with Crippen molar-refractivity contribution >= 4 is 0 Å². The van der Waals surface area contributed by atoms with Crippen molar-refractivity contribution in [2.24, 2.45) is 11.7 Å². The third-order valence-electron chi connectivity index (χ3n) is 3.19. The molecule has 0 saturated heterocycles. The summed E-state index contributed by atoms with van der Waals surface area (Å²) in [5.41, 5.74) is 5.53. The summed E-state index contributed by atoms with van der Waals surface area (Å²) < 4.78 is 27.3. The van der Waals surface area contributed by atoms with Crippen LogP contribution in [0.4, 0.5) is 8.78 Å². The van der Waals surface area contributed by atoms with Crippen molar-refractivity contribution in [1.82, 2.24) is 5.32 Å². The lowest BCUT2D eigenvalue weighted by Crippen LogP contribution is -2.40. The Morgan fingerprint density at radius 1 is 1.28 bits per heavy atom. The van der Waals surface area contributed by atoms with Crippen LogP contribution >= 0.6 is 0 Å². The van der Waals surface area contributed by atoms with E-state index < -0.39 is 17.7 Å². The molecule has 0 amide bonds. The Morgan fingerprint density at radius 3 is 2.28 bits per heavy atom. The summed E-state index contributed by atoms with van der Waals surface area (Å²) >= 11 is 0. The smallest absolute Gasteiger partial charge is 0.130 e. The van der Waals surface area contributed by atoms with Crippen LogP contribution in [0.25, 0.3) is 0 Å². The number of aliphatic hydroxyl groups excluding tert-OH is 1. The molecule has 0 aliphatic carbocycles. The lowest BCUT2D eigenvalue weighted by molar-refractivity contribution is 0.200. The van der Waals surface area contributed by atoms with Gasteiger partial charge in [-0.25, -0.2) is 8.78 Å². The van der Waals surface area contributed by atoms with Crippen LogP contribution in [0.5, 0.6) is 0 Å². The van der Waals surface area contributed by atoms with Crippen molar-refractivity contribution in [3.8, 4) is 0 Å². The molecule has 0 aromatic heterocycles. The van der Waals surface area contributed by atoms with E-state index in [1.165, 1.54) is 18.2 Å². The average Bonchev–Trinajstić information content (AvgIpc) is 2.35. The van der Waals surface area contributed by atoms with E-state index in [-0.39, 0.29) is 30.7 Å². The van der Waals surface area contributed by atoms with E-state index in [0.717, 1.165) is 0 Å². The van der Waals surface area contributed by atoms with Gasteiger partial charge in [-0.3, -0.25) is 0 Å². The SMILES string of the molecule is CC(CO)C(C)NC(CN)c1c(F)cccc1F. The number of hydrogen-bond acceptors (Lipinski definition) is 3. The molecule has 0 aliphatic heterocycles. The van der Waals surface area contributed by atoms with E-state index in [9.17, 15) is 8.78 Å². The molecule has 0 aliphatic rings. The monoisotopic (exact) mass is 258 g/mol. The first kappa shape index (κ1) is 15.0. The molecule has 1 rings (SSSR count). The van der Waals surface area contributed by atoms with Crippen molar-refractivity contribution in [1.29, 1.82) is 0 Å². The second-order valence-electron chi connectivity index (χ2n) is 4.54. The fraction of sp³-hybridized carbons (Fsp3) is 0.538. The zero-order chi connectivity index (χ0) is 13.7. The average molecular weight is 258 g/mol. The lowest BCUT2D eigenvalue weighted by atomic mass is 10.00. The van der Waals surface area contributed by atoms with E-state index in [1.54, 1.807) is 0 Å². The first-order chi connectivity index (χ1) is 8.51. The van der Waals surface area contributed by atoms with Crippen molar-refractivity contribution < 1.29 is 13.9 Å². The van der Waals surface area contributed by atoms with Gasteiger partial charge < -0.3 is 16.2 Å². The maximum absolute atomic E-state index is 13.6. The number of hydrogen-bond donors (Lipinski definition) is 3. The minimum atomic E-state index is -0.609. The summed E-state index contributed by atoms with van der Waals surface area (Å²) in [4.78, 5) is 0. The highest BCUT2D eigenvalue weighted by Crippen LogP contribution is 2.21. The quantitative estimate of drug-likeness (QED) is 0.726. The van der Waals surface area contributed by atoms with Crippen molar-refractivity contribution in [2.45, 2.75) is 25.9 Å². The van der Waals surface area contributed by atoms with Crippen LogP contribution in [-0.4, -0.2) is 24.3 Å². The van der Waals surface area contributed by atoms with Crippen LogP contribution in [0.15, 0.2) is 18.2 Å². The molecule has 0 radical (unpaired) electrons. The Bertz CT molecular complexity index is 367. The van der Waals surface area contributed by atoms with Gasteiger partial charge in [-0.15, -0.1) is 0 Å². The second kappa shape index (κ2) is 6.78. The van der Waals surface area contributed by atoms with Gasteiger partial charge in [-0.2, -0.15) is 0 Å². The van der Waals surface area contributed by atoms with Gasteiger partial charge in [0.05, 0.1) is 6.04 Å². The molecule has 102 valence electrons. The van der Waals surface area contributed by atoms with Crippen LogP contribution in [0.1, 0.15) is 25.5 Å². The molecular formula is C13H20F2N2O. The molecule has 3 nitrogen and oxygen atoms in total. The zero-order valence-corrected chi connectivity index (χ0v) is 10.7. The van der Waals surface area contributed by atoms with Gasteiger partial charge in [0.25, 0.3) is 0 Å². The zero-order valence-electron chi connectivity index (χ0n) is 10.7. The highest BCUT2D eigenvalue weighted by Gasteiger charge is 2.22. The maximum atomic E-state index is 13.6. The highest BCUT2D eigenvalue weighted by molar-refractivity contribution is 5.23. The molecule has 0 heterocycles. The second-order valence-corrected chi connectivity index (χ2v) is 4.54. The Labute approximate surface area is 106 Å². The van der Waals surface area contributed by atoms with E-state index >= 15 is 0 Å². The fourth-order valence-corrected chi connectivity index (χ4v) is 1.75. The molecule has 3 atom stereocenters. The van der Waals surface area contributed by atoms with Crippen LogP contribution in [0.2, 0.25) is 0 Å². The van der Waals surface area contributed by atoms with Crippen molar-refractivity contribution in [3.05, 3.63) is 35.4 Å². The molecule has 0 saturated carbocycles. The van der Waals surface area contributed by atoms with E-state index in [4.69, 9.17) is 10.8 Å². The summed E-state index contributed by atoms with van der Waals surface area (Å²) in [6.45, 7) is 3.79. The predicted octanol–water partition coefficient (Wildman–Crippen LogP) is 1.57. The molecule has 4 N–H and O–H groups in total. The molecular weight excluding hydrogens is 238 g/mol.